The van der Waals surface area contributed by atoms with Gasteiger partial charge in [-0.3, -0.25) is 14.7 Å². The lowest BCUT2D eigenvalue weighted by Gasteiger charge is -2.30. The third-order valence-electron chi connectivity index (χ3n) is 19.6. The molecule has 3 aromatic heterocycles. The Hall–Kier alpha value is -6.39. The minimum Gasteiger partial charge on any atom is -0.327 e. The van der Waals surface area contributed by atoms with E-state index < -0.39 is 0 Å². The molecule has 0 bridgehead atoms. The highest BCUT2D eigenvalue weighted by molar-refractivity contribution is 5.85. The van der Waals surface area contributed by atoms with Gasteiger partial charge in [-0.15, -0.1) is 0 Å². The van der Waals surface area contributed by atoms with Crippen LogP contribution >= 0.6 is 0 Å². The molecule has 9 nitrogen and oxygen atoms in total. The van der Waals surface area contributed by atoms with Crippen LogP contribution in [0.3, 0.4) is 0 Å². The molecular weight excluding hydrogens is 979 g/mol. The SMILES string of the molecule is Cc1ccc(-c2ccc3c(c2)nc2n3CCN(C3CCC(C)C3)CC2)cc1.Cc1ccc(-c2ccc3c(c2)nc2n3CCN(C3CCCC3)CC2)cc1.Cc1ccc(-c2ccc3c(c2)nc2n3CCN(C3CCCC3C)CC2)cc1. The van der Waals surface area contributed by atoms with Crippen molar-refractivity contribution in [2.45, 2.75) is 156 Å². The number of fused-ring (bicyclic) bond motifs is 9. The summed E-state index contributed by atoms with van der Waals surface area (Å²) in [6.07, 6.45) is 17.2. The molecule has 3 fully saturated rings. The second-order valence-electron chi connectivity index (χ2n) is 25.1. The number of aryl methyl sites for hydroxylation is 3. The summed E-state index contributed by atoms with van der Waals surface area (Å²) in [6.45, 7) is 21.4. The van der Waals surface area contributed by atoms with Crippen molar-refractivity contribution in [3.63, 3.8) is 0 Å². The molecule has 4 unspecified atom stereocenters. The lowest BCUT2D eigenvalue weighted by molar-refractivity contribution is 0.170. The zero-order valence-electron chi connectivity index (χ0n) is 48.6. The maximum Gasteiger partial charge on any atom is 0.111 e. The summed E-state index contributed by atoms with van der Waals surface area (Å²) < 4.78 is 7.39. The van der Waals surface area contributed by atoms with Crippen LogP contribution in [-0.4, -0.2) is 101 Å². The van der Waals surface area contributed by atoms with Gasteiger partial charge in [0.1, 0.15) is 17.5 Å². The van der Waals surface area contributed by atoms with Gasteiger partial charge in [0.2, 0.25) is 0 Å². The van der Waals surface area contributed by atoms with Gasteiger partial charge < -0.3 is 13.7 Å². The van der Waals surface area contributed by atoms with E-state index in [0.29, 0.717) is 0 Å². The Morgan fingerprint density at radius 1 is 0.350 bits per heavy atom. The van der Waals surface area contributed by atoms with Crippen LogP contribution in [0, 0.1) is 32.6 Å². The number of aromatic nitrogens is 6. The van der Waals surface area contributed by atoms with E-state index in [0.717, 1.165) is 112 Å². The average Bonchev–Trinajstić information content (AvgIpc) is 4.36. The molecule has 15 rings (SSSR count). The maximum atomic E-state index is 5.03. The third kappa shape index (κ3) is 11.2. The van der Waals surface area contributed by atoms with Gasteiger partial charge in [0.05, 0.1) is 33.1 Å². The summed E-state index contributed by atoms with van der Waals surface area (Å²) in [5.74, 6) is 5.54. The first-order chi connectivity index (χ1) is 39.1. The van der Waals surface area contributed by atoms with Crippen LogP contribution < -0.4 is 0 Å². The minimum atomic E-state index is 0.786. The number of imidazole rings is 3. The third-order valence-corrected chi connectivity index (χ3v) is 19.6. The van der Waals surface area contributed by atoms with Crippen molar-refractivity contribution in [1.82, 2.24) is 43.4 Å². The van der Waals surface area contributed by atoms with Gasteiger partial charge in [-0.05, 0) is 147 Å². The normalized spacial score (nSPS) is 22.0. The van der Waals surface area contributed by atoms with Crippen LogP contribution in [0.15, 0.2) is 127 Å². The summed E-state index contributed by atoms with van der Waals surface area (Å²) in [5, 5.41) is 0. The highest BCUT2D eigenvalue weighted by Gasteiger charge is 2.32. The van der Waals surface area contributed by atoms with Gasteiger partial charge in [0, 0.05) is 96.3 Å². The molecule has 0 radical (unpaired) electrons. The van der Waals surface area contributed by atoms with Gasteiger partial charge in [0.25, 0.3) is 0 Å². The molecule has 0 spiro atoms. The van der Waals surface area contributed by atoms with Crippen LogP contribution in [0.25, 0.3) is 66.5 Å². The Labute approximate surface area is 476 Å². The highest BCUT2D eigenvalue weighted by atomic mass is 15.2. The first-order valence-electron chi connectivity index (χ1n) is 31.0. The fourth-order valence-corrected chi connectivity index (χ4v) is 14.9. The zero-order valence-corrected chi connectivity index (χ0v) is 48.6. The van der Waals surface area contributed by atoms with Gasteiger partial charge in [-0.25, -0.2) is 15.0 Å². The van der Waals surface area contributed by atoms with Crippen LogP contribution in [0.1, 0.15) is 112 Å². The predicted molar refractivity (Wildman–Crippen MR) is 331 cm³/mol. The van der Waals surface area contributed by atoms with Gasteiger partial charge in [-0.1, -0.05) is 141 Å². The lowest BCUT2D eigenvalue weighted by Crippen LogP contribution is -2.39. The highest BCUT2D eigenvalue weighted by Crippen LogP contribution is 2.35. The Kier molecular flexibility index (Phi) is 15.4. The number of nitrogens with zero attached hydrogens (tertiary/aromatic N) is 9. The molecule has 80 heavy (non-hydrogen) atoms. The number of hydrogen-bond donors (Lipinski definition) is 0. The molecular formula is C71H85N9. The molecule has 9 aromatic rings. The summed E-state index contributed by atoms with van der Waals surface area (Å²) in [7, 11) is 0. The van der Waals surface area contributed by atoms with Crippen molar-refractivity contribution >= 4 is 33.1 Å². The molecule has 6 heterocycles. The van der Waals surface area contributed by atoms with Crippen LogP contribution in [0.2, 0.25) is 0 Å². The van der Waals surface area contributed by atoms with Crippen molar-refractivity contribution in [3.8, 4) is 33.4 Å². The molecule has 6 aromatic carbocycles. The summed E-state index contributed by atoms with van der Waals surface area (Å²) in [4.78, 5) is 23.3. The number of benzene rings is 6. The molecule has 6 aliphatic rings. The molecule has 3 aliphatic heterocycles. The molecule has 9 heteroatoms. The Morgan fingerprint density at radius 2 is 0.738 bits per heavy atom. The molecule has 4 atom stereocenters. The fourth-order valence-electron chi connectivity index (χ4n) is 14.9. The standard InChI is InChI=1S/2C24H29N3.C23H27N3/c1-17-3-6-19(7-4-17)20-8-10-23-22(16-20)25-24-11-12-26(13-14-27(23)24)21-9-5-18(2)15-21;1-17-6-8-19(9-7-17)20-10-11-23-21(16-20)25-24-12-13-26(14-15-27(23)24)22-5-3-4-18(22)2;1-17-6-8-18(9-7-17)19-10-11-22-21(16-19)24-23-12-13-25(14-15-26(22)23)20-4-2-3-5-20/h3-4,6-8,10,16,18,21H,5,9,11-15H2,1-2H3;6-11,16,18,22H,3-5,12-15H2,1-2H3;6-11,16,20H,2-5,12-15H2,1H3. The van der Waals surface area contributed by atoms with Crippen molar-refractivity contribution in [2.75, 3.05) is 39.3 Å². The van der Waals surface area contributed by atoms with Crippen LogP contribution in [-0.2, 0) is 38.9 Å². The molecule has 3 saturated carbocycles. The van der Waals surface area contributed by atoms with Crippen molar-refractivity contribution in [2.24, 2.45) is 11.8 Å². The second-order valence-corrected chi connectivity index (χ2v) is 25.1. The van der Waals surface area contributed by atoms with Gasteiger partial charge >= 0.3 is 0 Å². The molecule has 0 N–H and O–H groups in total. The lowest BCUT2D eigenvalue weighted by atomic mass is 10.0. The average molecular weight is 1060 g/mol. The first-order valence-corrected chi connectivity index (χ1v) is 31.0. The molecule has 0 saturated heterocycles. The van der Waals surface area contributed by atoms with E-state index in [1.165, 1.54) is 161 Å². The quantitative estimate of drug-likeness (QED) is 0.165. The first kappa shape index (κ1) is 53.0. The summed E-state index contributed by atoms with van der Waals surface area (Å²) in [6, 6.07) is 49.1. The van der Waals surface area contributed by atoms with Crippen LogP contribution in [0.4, 0.5) is 0 Å². The molecule has 3 aliphatic carbocycles. The zero-order chi connectivity index (χ0) is 54.3. The van der Waals surface area contributed by atoms with Crippen LogP contribution in [0.5, 0.6) is 0 Å². The maximum absolute atomic E-state index is 5.03. The summed E-state index contributed by atoms with van der Waals surface area (Å²) >= 11 is 0. The minimum absolute atomic E-state index is 0.786. The smallest absolute Gasteiger partial charge is 0.111 e. The topological polar surface area (TPSA) is 63.2 Å². The van der Waals surface area contributed by atoms with Crippen molar-refractivity contribution < 1.29 is 0 Å². The van der Waals surface area contributed by atoms with Gasteiger partial charge in [-0.2, -0.15) is 0 Å². The molecule has 0 amide bonds. The van der Waals surface area contributed by atoms with E-state index in [1.807, 2.05) is 0 Å². The second kappa shape index (κ2) is 23.2. The van der Waals surface area contributed by atoms with E-state index in [4.69, 9.17) is 15.0 Å². The Bertz CT molecular complexity index is 3580. The van der Waals surface area contributed by atoms with Crippen molar-refractivity contribution in [3.05, 3.63) is 162 Å². The van der Waals surface area contributed by atoms with E-state index in [2.05, 4.69) is 190 Å². The summed E-state index contributed by atoms with van der Waals surface area (Å²) in [5.41, 5.74) is 18.8. The monoisotopic (exact) mass is 1060 g/mol. The predicted octanol–water partition coefficient (Wildman–Crippen LogP) is 14.9. The Balaban J connectivity index is 0.000000113. The number of hydrogen-bond acceptors (Lipinski definition) is 6. The van der Waals surface area contributed by atoms with E-state index >= 15 is 0 Å². The van der Waals surface area contributed by atoms with E-state index in [-0.39, 0.29) is 0 Å². The largest absolute Gasteiger partial charge is 0.327 e. The Morgan fingerprint density at radius 3 is 1.12 bits per heavy atom. The fraction of sp³-hybridized carbons (Fsp3) is 0.451. The van der Waals surface area contributed by atoms with E-state index in [9.17, 15) is 0 Å². The van der Waals surface area contributed by atoms with E-state index in [1.54, 1.807) is 0 Å². The number of rotatable bonds is 6. The van der Waals surface area contributed by atoms with Gasteiger partial charge in [0.15, 0.2) is 0 Å². The van der Waals surface area contributed by atoms with Crippen molar-refractivity contribution in [1.29, 1.82) is 0 Å². The molecule has 414 valence electrons.